The number of hydrogen-bond donors (Lipinski definition) is 1. The molecular weight excluding hydrogens is 238 g/mol. The summed E-state index contributed by atoms with van der Waals surface area (Å²) in [5, 5.41) is 9.83. The van der Waals surface area contributed by atoms with Crippen molar-refractivity contribution in [1.82, 2.24) is 14.3 Å². The number of piperidine rings is 1. The number of aromatic hydroxyl groups is 1. The number of pyridine rings is 1. The summed E-state index contributed by atoms with van der Waals surface area (Å²) >= 11 is 0. The first-order valence-electron chi connectivity index (χ1n) is 7.06. The van der Waals surface area contributed by atoms with E-state index in [1.54, 1.807) is 12.3 Å². The average Bonchev–Trinajstić information content (AvgIpc) is 2.84. The highest BCUT2D eigenvalue weighted by Crippen LogP contribution is 2.30. The summed E-state index contributed by atoms with van der Waals surface area (Å²) in [5.41, 5.74) is 0.809. The molecule has 0 aromatic carbocycles. The molecule has 2 aromatic heterocycles. The second-order valence-corrected chi connectivity index (χ2v) is 5.67. The molecule has 4 heteroatoms. The molecule has 1 aliphatic rings. The van der Waals surface area contributed by atoms with Crippen LogP contribution in [0.1, 0.15) is 38.4 Å². The van der Waals surface area contributed by atoms with Crippen LogP contribution < -0.4 is 0 Å². The Balaban J connectivity index is 1.84. The molecule has 0 spiro atoms. The van der Waals surface area contributed by atoms with Crippen molar-refractivity contribution < 1.29 is 5.11 Å². The number of rotatable bonds is 2. The molecule has 1 saturated heterocycles. The van der Waals surface area contributed by atoms with Crippen molar-refractivity contribution in [3.8, 4) is 5.75 Å². The first kappa shape index (κ1) is 12.5. The Bertz CT molecular complexity index is 568. The van der Waals surface area contributed by atoms with Gasteiger partial charge in [-0.2, -0.15) is 0 Å². The SMILES string of the molecule is CC(C)N1CCC(c2ncc3c(O)cccn23)CC1. The fourth-order valence-corrected chi connectivity index (χ4v) is 3.00. The summed E-state index contributed by atoms with van der Waals surface area (Å²) in [6, 6.07) is 4.21. The van der Waals surface area contributed by atoms with Gasteiger partial charge in [0.05, 0.1) is 6.20 Å². The summed E-state index contributed by atoms with van der Waals surface area (Å²) in [5.74, 6) is 1.90. The summed E-state index contributed by atoms with van der Waals surface area (Å²) in [6.07, 6.45) is 6.06. The maximum atomic E-state index is 9.83. The lowest BCUT2D eigenvalue weighted by atomic mass is 9.95. The van der Waals surface area contributed by atoms with Crippen LogP contribution in [0, 0.1) is 0 Å². The van der Waals surface area contributed by atoms with Gasteiger partial charge in [-0.15, -0.1) is 0 Å². The van der Waals surface area contributed by atoms with Crippen molar-refractivity contribution in [2.45, 2.75) is 38.6 Å². The first-order chi connectivity index (χ1) is 9.16. The Morgan fingerprint density at radius 2 is 2.05 bits per heavy atom. The van der Waals surface area contributed by atoms with Crippen molar-refractivity contribution in [1.29, 1.82) is 0 Å². The standard InChI is InChI=1S/C15H21N3O/c1-11(2)17-8-5-12(6-9-17)15-16-10-13-14(19)4-3-7-18(13)15/h3-4,7,10-12,19H,5-6,8-9H2,1-2H3. The lowest BCUT2D eigenvalue weighted by Crippen LogP contribution is -2.38. The summed E-state index contributed by atoms with van der Waals surface area (Å²) < 4.78 is 2.03. The third-order valence-corrected chi connectivity index (χ3v) is 4.20. The normalized spacial score (nSPS) is 18.5. The predicted octanol–water partition coefficient (Wildman–Crippen LogP) is 2.63. The molecule has 3 heterocycles. The van der Waals surface area contributed by atoms with Crippen LogP contribution in [0.15, 0.2) is 24.5 Å². The van der Waals surface area contributed by atoms with Gasteiger partial charge in [0.2, 0.25) is 0 Å². The third-order valence-electron chi connectivity index (χ3n) is 4.20. The molecule has 0 amide bonds. The van der Waals surface area contributed by atoms with Crippen molar-refractivity contribution in [2.75, 3.05) is 13.1 Å². The zero-order chi connectivity index (χ0) is 13.4. The zero-order valence-corrected chi connectivity index (χ0v) is 11.6. The van der Waals surface area contributed by atoms with Crippen molar-refractivity contribution in [3.63, 3.8) is 0 Å². The van der Waals surface area contributed by atoms with E-state index >= 15 is 0 Å². The van der Waals surface area contributed by atoms with Crippen LogP contribution in [0.2, 0.25) is 0 Å². The highest BCUT2D eigenvalue weighted by Gasteiger charge is 2.25. The van der Waals surface area contributed by atoms with Gasteiger partial charge in [0.1, 0.15) is 17.1 Å². The van der Waals surface area contributed by atoms with E-state index in [4.69, 9.17) is 0 Å². The van der Waals surface area contributed by atoms with Gasteiger partial charge in [-0.3, -0.25) is 0 Å². The molecule has 0 saturated carbocycles. The monoisotopic (exact) mass is 259 g/mol. The number of fused-ring (bicyclic) bond motifs is 1. The van der Waals surface area contributed by atoms with E-state index in [1.165, 1.54) is 0 Å². The zero-order valence-electron chi connectivity index (χ0n) is 11.6. The lowest BCUT2D eigenvalue weighted by Gasteiger charge is -2.34. The second-order valence-electron chi connectivity index (χ2n) is 5.67. The molecule has 1 fully saturated rings. The van der Waals surface area contributed by atoms with Crippen LogP contribution >= 0.6 is 0 Å². The molecule has 0 radical (unpaired) electrons. The number of likely N-dealkylation sites (tertiary alicyclic amines) is 1. The predicted molar refractivity (Wildman–Crippen MR) is 75.5 cm³/mol. The maximum absolute atomic E-state index is 9.83. The number of imidazole rings is 1. The van der Waals surface area contributed by atoms with E-state index in [1.807, 2.05) is 16.7 Å². The Morgan fingerprint density at radius 3 is 2.74 bits per heavy atom. The Hall–Kier alpha value is -1.55. The Morgan fingerprint density at radius 1 is 1.32 bits per heavy atom. The number of aromatic nitrogens is 2. The van der Waals surface area contributed by atoms with E-state index in [-0.39, 0.29) is 0 Å². The molecule has 0 atom stereocenters. The summed E-state index contributed by atoms with van der Waals surface area (Å²) in [4.78, 5) is 7.05. The van der Waals surface area contributed by atoms with Gasteiger partial charge in [-0.05, 0) is 51.9 Å². The van der Waals surface area contributed by atoms with Crippen LogP contribution in [0.5, 0.6) is 5.75 Å². The number of hydrogen-bond acceptors (Lipinski definition) is 3. The second kappa shape index (κ2) is 4.85. The molecule has 19 heavy (non-hydrogen) atoms. The summed E-state index contributed by atoms with van der Waals surface area (Å²) in [7, 11) is 0. The molecule has 4 nitrogen and oxygen atoms in total. The Kier molecular flexibility index (Phi) is 3.19. The third kappa shape index (κ3) is 2.21. The molecule has 102 valence electrons. The van der Waals surface area contributed by atoms with Crippen molar-refractivity contribution in [2.24, 2.45) is 0 Å². The molecule has 1 aliphatic heterocycles. The van der Waals surface area contributed by atoms with Crippen molar-refractivity contribution in [3.05, 3.63) is 30.4 Å². The Labute approximate surface area is 113 Å². The summed E-state index contributed by atoms with van der Waals surface area (Å²) in [6.45, 7) is 6.78. The minimum Gasteiger partial charge on any atom is -0.506 e. The molecule has 2 aromatic rings. The fraction of sp³-hybridized carbons (Fsp3) is 0.533. The average molecular weight is 259 g/mol. The van der Waals surface area contributed by atoms with Gasteiger partial charge in [0.25, 0.3) is 0 Å². The minimum absolute atomic E-state index is 0.306. The van der Waals surface area contributed by atoms with Gasteiger partial charge in [-0.25, -0.2) is 4.98 Å². The first-order valence-corrected chi connectivity index (χ1v) is 7.06. The van der Waals surface area contributed by atoms with E-state index in [2.05, 4.69) is 23.7 Å². The largest absolute Gasteiger partial charge is 0.506 e. The molecular formula is C15H21N3O. The van der Waals surface area contributed by atoms with Crippen LogP contribution in [0.3, 0.4) is 0 Å². The van der Waals surface area contributed by atoms with Gasteiger partial charge >= 0.3 is 0 Å². The molecule has 0 bridgehead atoms. The van der Waals surface area contributed by atoms with Crippen LogP contribution in [-0.4, -0.2) is 38.5 Å². The highest BCUT2D eigenvalue weighted by atomic mass is 16.3. The van der Waals surface area contributed by atoms with Crippen LogP contribution in [0.25, 0.3) is 5.52 Å². The fourth-order valence-electron chi connectivity index (χ4n) is 3.00. The quantitative estimate of drug-likeness (QED) is 0.901. The highest BCUT2D eigenvalue weighted by molar-refractivity contribution is 5.58. The maximum Gasteiger partial charge on any atom is 0.141 e. The van der Waals surface area contributed by atoms with E-state index in [0.717, 1.165) is 37.3 Å². The minimum atomic E-state index is 0.306. The smallest absolute Gasteiger partial charge is 0.141 e. The molecule has 1 N–H and O–H groups in total. The van der Waals surface area contributed by atoms with Crippen LogP contribution in [-0.2, 0) is 0 Å². The van der Waals surface area contributed by atoms with E-state index in [9.17, 15) is 5.11 Å². The van der Waals surface area contributed by atoms with Gasteiger partial charge in [0, 0.05) is 18.2 Å². The molecule has 0 aliphatic carbocycles. The van der Waals surface area contributed by atoms with Gasteiger partial charge in [-0.1, -0.05) is 0 Å². The van der Waals surface area contributed by atoms with Crippen molar-refractivity contribution >= 4 is 5.52 Å². The molecule has 3 rings (SSSR count). The topological polar surface area (TPSA) is 40.8 Å². The lowest BCUT2D eigenvalue weighted by molar-refractivity contribution is 0.169. The molecule has 0 unspecified atom stereocenters. The van der Waals surface area contributed by atoms with E-state index in [0.29, 0.717) is 17.7 Å². The van der Waals surface area contributed by atoms with Gasteiger partial charge in [0.15, 0.2) is 0 Å². The van der Waals surface area contributed by atoms with Gasteiger partial charge < -0.3 is 14.4 Å². The van der Waals surface area contributed by atoms with E-state index < -0.39 is 0 Å². The van der Waals surface area contributed by atoms with Crippen LogP contribution in [0.4, 0.5) is 0 Å². The number of nitrogens with zero attached hydrogens (tertiary/aromatic N) is 3.